The first-order valence-corrected chi connectivity index (χ1v) is 5.81. The summed E-state index contributed by atoms with van der Waals surface area (Å²) >= 11 is 0. The second-order valence-electron chi connectivity index (χ2n) is 3.28. The number of hydrogen-bond acceptors (Lipinski definition) is 4. The molecule has 0 amide bonds. The zero-order valence-corrected chi connectivity index (χ0v) is 10.5. The first-order chi connectivity index (χ1) is 9.78. The molecule has 0 heterocycles. The SMILES string of the molecule is O=S(=O)(O)C(F)(F)C(F)(F)OC(F)(F)C(F)(F)OC(F)=C(F)F. The van der Waals surface area contributed by atoms with Crippen molar-refractivity contribution in [2.24, 2.45) is 0 Å². The number of alkyl halides is 8. The molecule has 0 aromatic heterocycles. The summed E-state index contributed by atoms with van der Waals surface area (Å²) in [6.45, 7) is 0. The summed E-state index contributed by atoms with van der Waals surface area (Å²) in [6, 6.07) is -3.69. The topological polar surface area (TPSA) is 72.8 Å². The van der Waals surface area contributed by atoms with Crippen molar-refractivity contribution < 1.29 is 70.7 Å². The maximum absolute atomic E-state index is 12.6. The second kappa shape index (κ2) is 5.93. The van der Waals surface area contributed by atoms with Gasteiger partial charge in [0.25, 0.3) is 0 Å². The van der Waals surface area contributed by atoms with E-state index in [4.69, 9.17) is 4.55 Å². The van der Waals surface area contributed by atoms with Gasteiger partial charge in [0.15, 0.2) is 0 Å². The molecule has 0 rings (SSSR count). The quantitative estimate of drug-likeness (QED) is 0.408. The summed E-state index contributed by atoms with van der Waals surface area (Å²) in [7, 11) is -7.15. The molecule has 0 saturated carbocycles. The average molecular weight is 394 g/mol. The van der Waals surface area contributed by atoms with Gasteiger partial charge in [-0.3, -0.25) is 4.55 Å². The summed E-state index contributed by atoms with van der Waals surface area (Å²) in [4.78, 5) is 0. The largest absolute Gasteiger partial charge is 0.496 e. The lowest BCUT2D eigenvalue weighted by atomic mass is 10.5. The summed E-state index contributed by atoms with van der Waals surface area (Å²) in [5, 5.41) is -6.86. The Hall–Kier alpha value is -1.36. The summed E-state index contributed by atoms with van der Waals surface area (Å²) < 4.78 is 166. The van der Waals surface area contributed by atoms with Gasteiger partial charge in [0, 0.05) is 0 Å². The first-order valence-electron chi connectivity index (χ1n) is 4.37. The highest BCUT2D eigenvalue weighted by Gasteiger charge is 2.75. The molecule has 0 unspecified atom stereocenters. The molecule has 23 heavy (non-hydrogen) atoms. The Balaban J connectivity index is 5.67. The number of halogens is 11. The molecule has 0 aromatic carbocycles. The minimum absolute atomic E-state index is 1.60. The molecule has 0 aliphatic carbocycles. The first kappa shape index (κ1) is 21.6. The molecule has 0 spiro atoms. The van der Waals surface area contributed by atoms with E-state index in [1.807, 2.05) is 4.74 Å². The van der Waals surface area contributed by atoms with Gasteiger partial charge in [-0.2, -0.15) is 56.7 Å². The van der Waals surface area contributed by atoms with Crippen molar-refractivity contribution in [2.45, 2.75) is 23.6 Å². The normalized spacial score (nSPS) is 14.6. The lowest BCUT2D eigenvalue weighted by molar-refractivity contribution is -0.493. The highest BCUT2D eigenvalue weighted by molar-refractivity contribution is 7.86. The Bertz CT molecular complexity index is 578. The van der Waals surface area contributed by atoms with Crippen LogP contribution >= 0.6 is 0 Å². The molecular weight excluding hydrogens is 393 g/mol. The zero-order chi connectivity index (χ0) is 19.1. The second-order valence-corrected chi connectivity index (χ2v) is 4.74. The van der Waals surface area contributed by atoms with Crippen molar-refractivity contribution in [3.63, 3.8) is 0 Å². The molecule has 0 aromatic rings. The number of ether oxygens (including phenoxy) is 2. The highest BCUT2D eigenvalue weighted by atomic mass is 32.2. The van der Waals surface area contributed by atoms with E-state index in [1.165, 1.54) is 0 Å². The molecule has 0 atom stereocenters. The third-order valence-corrected chi connectivity index (χ3v) is 2.51. The smallest absolute Gasteiger partial charge is 0.396 e. The van der Waals surface area contributed by atoms with Gasteiger partial charge in [-0.1, -0.05) is 0 Å². The molecule has 0 fully saturated rings. The van der Waals surface area contributed by atoms with Crippen molar-refractivity contribution in [2.75, 3.05) is 0 Å². The third-order valence-electron chi connectivity index (χ3n) is 1.62. The van der Waals surface area contributed by atoms with Crippen molar-refractivity contribution in [3.05, 3.63) is 12.1 Å². The molecule has 0 bridgehead atoms. The minimum Gasteiger partial charge on any atom is -0.396 e. The Kier molecular flexibility index (Phi) is 5.58. The number of hydrogen-bond donors (Lipinski definition) is 1. The Morgan fingerprint density at radius 3 is 1.48 bits per heavy atom. The molecule has 17 heteroatoms. The van der Waals surface area contributed by atoms with Crippen molar-refractivity contribution >= 4 is 10.1 Å². The Morgan fingerprint density at radius 1 is 0.783 bits per heavy atom. The van der Waals surface area contributed by atoms with Crippen LogP contribution in [0, 0.1) is 0 Å². The van der Waals surface area contributed by atoms with Crippen LogP contribution in [0.25, 0.3) is 0 Å². The van der Waals surface area contributed by atoms with Crippen molar-refractivity contribution in [1.29, 1.82) is 0 Å². The lowest BCUT2D eigenvalue weighted by Crippen LogP contribution is -2.56. The van der Waals surface area contributed by atoms with Crippen LogP contribution in [-0.4, -0.2) is 36.6 Å². The van der Waals surface area contributed by atoms with Gasteiger partial charge in [0.1, 0.15) is 0 Å². The molecule has 138 valence electrons. The van der Waals surface area contributed by atoms with E-state index in [9.17, 15) is 56.7 Å². The van der Waals surface area contributed by atoms with E-state index in [-0.39, 0.29) is 0 Å². The lowest BCUT2D eigenvalue weighted by Gasteiger charge is -2.30. The molecule has 5 nitrogen and oxygen atoms in total. The van der Waals surface area contributed by atoms with E-state index in [0.717, 1.165) is 0 Å². The van der Waals surface area contributed by atoms with Crippen LogP contribution in [0.5, 0.6) is 0 Å². The van der Waals surface area contributed by atoms with Crippen LogP contribution < -0.4 is 0 Å². The average Bonchev–Trinajstić information content (AvgIpc) is 2.24. The monoisotopic (exact) mass is 394 g/mol. The van der Waals surface area contributed by atoms with Crippen LogP contribution in [0.4, 0.5) is 48.3 Å². The van der Waals surface area contributed by atoms with Gasteiger partial charge in [-0.05, 0) is 0 Å². The fourth-order valence-corrected chi connectivity index (χ4v) is 0.982. The van der Waals surface area contributed by atoms with E-state index < -0.39 is 45.8 Å². The molecule has 0 saturated heterocycles. The van der Waals surface area contributed by atoms with Crippen molar-refractivity contribution in [3.8, 4) is 0 Å². The predicted octanol–water partition coefficient (Wildman–Crippen LogP) is 3.31. The fraction of sp³-hybridized carbons (Fsp3) is 0.667. The van der Waals surface area contributed by atoms with Crippen LogP contribution in [0.3, 0.4) is 0 Å². The molecule has 1 N–H and O–H groups in total. The molecule has 0 aliphatic heterocycles. The standard InChI is InChI=1S/C6HF11O5S/c7-1(8)2(9)21-3(10,11)4(12,13)22-5(14,15)6(16,17)23(18,19)20/h(H,18,19,20). The Labute approximate surface area is 118 Å². The van der Waals surface area contributed by atoms with Gasteiger partial charge in [-0.15, -0.1) is 0 Å². The van der Waals surface area contributed by atoms with Crippen LogP contribution in [0.15, 0.2) is 12.1 Å². The maximum atomic E-state index is 12.6. The van der Waals surface area contributed by atoms with Gasteiger partial charge < -0.3 is 4.74 Å². The molecule has 0 aliphatic rings. The number of rotatable bonds is 7. The van der Waals surface area contributed by atoms with Gasteiger partial charge in [0.2, 0.25) is 0 Å². The molecule has 0 radical (unpaired) electrons. The van der Waals surface area contributed by atoms with Crippen molar-refractivity contribution in [1.82, 2.24) is 0 Å². The van der Waals surface area contributed by atoms with E-state index in [0.29, 0.717) is 0 Å². The van der Waals surface area contributed by atoms with Crippen LogP contribution in [-0.2, 0) is 19.6 Å². The van der Waals surface area contributed by atoms with Crippen LogP contribution in [0.2, 0.25) is 0 Å². The van der Waals surface area contributed by atoms with E-state index in [1.54, 1.807) is 4.74 Å². The Morgan fingerprint density at radius 2 is 1.17 bits per heavy atom. The minimum atomic E-state index is -7.15. The maximum Gasteiger partial charge on any atom is 0.496 e. The molecular formula is C6HF11O5S. The van der Waals surface area contributed by atoms with Gasteiger partial charge in [0.05, 0.1) is 0 Å². The van der Waals surface area contributed by atoms with Crippen LogP contribution in [0.1, 0.15) is 0 Å². The zero-order valence-electron chi connectivity index (χ0n) is 9.65. The van der Waals surface area contributed by atoms with E-state index >= 15 is 0 Å². The summed E-state index contributed by atoms with van der Waals surface area (Å²) in [5.41, 5.74) is 0. The fourth-order valence-electron chi connectivity index (χ4n) is 0.640. The third kappa shape index (κ3) is 4.34. The highest BCUT2D eigenvalue weighted by Crippen LogP contribution is 2.47. The summed E-state index contributed by atoms with van der Waals surface area (Å²) in [6.07, 6.45) is -24.4. The van der Waals surface area contributed by atoms with E-state index in [2.05, 4.69) is 0 Å². The predicted molar refractivity (Wildman–Crippen MR) is 43.9 cm³/mol. The summed E-state index contributed by atoms with van der Waals surface area (Å²) in [5.74, 6) is 0. The van der Waals surface area contributed by atoms with Gasteiger partial charge >= 0.3 is 45.8 Å². The van der Waals surface area contributed by atoms with Gasteiger partial charge in [-0.25, -0.2) is 4.74 Å².